The fourth-order valence-electron chi connectivity index (χ4n) is 2.11. The topological polar surface area (TPSA) is 50.4 Å². The molecule has 0 spiro atoms. The minimum absolute atomic E-state index is 0.0205. The number of hydrogen-bond acceptors (Lipinski definition) is 3. The predicted octanol–water partition coefficient (Wildman–Crippen LogP) is 1.41. The van der Waals surface area contributed by atoms with Gasteiger partial charge in [0.15, 0.2) is 0 Å². The van der Waals surface area contributed by atoms with E-state index in [9.17, 15) is 4.79 Å². The third-order valence-electron chi connectivity index (χ3n) is 3.43. The molecule has 2 N–H and O–H groups in total. The van der Waals surface area contributed by atoms with Gasteiger partial charge in [-0.3, -0.25) is 4.79 Å². The van der Waals surface area contributed by atoms with Crippen LogP contribution in [-0.4, -0.2) is 31.6 Å². The second-order valence-electron chi connectivity index (χ2n) is 5.30. The van der Waals surface area contributed by atoms with Crippen molar-refractivity contribution in [2.45, 2.75) is 26.8 Å². The number of carbonyl (C=O) groups is 1. The summed E-state index contributed by atoms with van der Waals surface area (Å²) < 4.78 is 5.83. The number of carbonyl (C=O) groups excluding carboxylic acids is 1. The highest BCUT2D eigenvalue weighted by Crippen LogP contribution is 2.22. The monoisotopic (exact) mass is 262 g/mol. The third kappa shape index (κ3) is 3.47. The molecule has 0 bridgehead atoms. The van der Waals surface area contributed by atoms with E-state index in [1.54, 1.807) is 0 Å². The third-order valence-corrected chi connectivity index (χ3v) is 3.43. The van der Waals surface area contributed by atoms with E-state index < -0.39 is 0 Å². The maximum absolute atomic E-state index is 11.8. The number of hydrogen-bond donors (Lipinski definition) is 2. The number of amides is 1. The Labute approximate surface area is 114 Å². The summed E-state index contributed by atoms with van der Waals surface area (Å²) in [5.74, 6) is 1.17. The van der Waals surface area contributed by atoms with Crippen molar-refractivity contribution in [3.8, 4) is 5.75 Å². The Morgan fingerprint density at radius 3 is 2.58 bits per heavy atom. The molecule has 1 heterocycles. The standard InChI is InChI=1S/C15H22N2O2/c1-10-5-4-6-11(2)14(10)19-9-12(3)17-15(18)13-7-16-8-13/h4-6,12-13,16H,7-9H2,1-3H3,(H,17,18). The first kappa shape index (κ1) is 13.9. The molecule has 0 saturated carbocycles. The Morgan fingerprint density at radius 2 is 2.05 bits per heavy atom. The van der Waals surface area contributed by atoms with Gasteiger partial charge in [0, 0.05) is 13.1 Å². The molecule has 1 aliphatic rings. The van der Waals surface area contributed by atoms with Gasteiger partial charge in [0.1, 0.15) is 12.4 Å². The highest BCUT2D eigenvalue weighted by molar-refractivity contribution is 5.80. The van der Waals surface area contributed by atoms with Crippen LogP contribution in [0.1, 0.15) is 18.1 Å². The minimum atomic E-state index is 0.0205. The van der Waals surface area contributed by atoms with E-state index in [-0.39, 0.29) is 17.9 Å². The summed E-state index contributed by atoms with van der Waals surface area (Å²) in [6, 6.07) is 6.11. The van der Waals surface area contributed by atoms with Crippen molar-refractivity contribution in [2.24, 2.45) is 5.92 Å². The molecule has 1 amide bonds. The Hall–Kier alpha value is -1.55. The van der Waals surface area contributed by atoms with E-state index >= 15 is 0 Å². The van der Waals surface area contributed by atoms with E-state index in [4.69, 9.17) is 4.74 Å². The second-order valence-corrected chi connectivity index (χ2v) is 5.30. The SMILES string of the molecule is Cc1cccc(C)c1OCC(C)NC(=O)C1CNC1. The van der Waals surface area contributed by atoms with E-state index in [1.807, 2.05) is 39.0 Å². The van der Waals surface area contributed by atoms with Gasteiger partial charge in [-0.2, -0.15) is 0 Å². The summed E-state index contributed by atoms with van der Waals surface area (Å²) in [4.78, 5) is 11.8. The van der Waals surface area contributed by atoms with Gasteiger partial charge in [-0.15, -0.1) is 0 Å². The van der Waals surface area contributed by atoms with Gasteiger partial charge in [-0.05, 0) is 31.9 Å². The average Bonchev–Trinajstić information content (AvgIpc) is 2.25. The molecule has 1 unspecified atom stereocenters. The lowest BCUT2D eigenvalue weighted by atomic mass is 10.0. The van der Waals surface area contributed by atoms with Crippen molar-refractivity contribution >= 4 is 5.91 Å². The highest BCUT2D eigenvalue weighted by Gasteiger charge is 2.25. The molecule has 1 aliphatic heterocycles. The van der Waals surface area contributed by atoms with Crippen molar-refractivity contribution in [1.29, 1.82) is 0 Å². The van der Waals surface area contributed by atoms with Crippen LogP contribution in [0, 0.1) is 19.8 Å². The molecule has 1 aromatic rings. The van der Waals surface area contributed by atoms with E-state index in [2.05, 4.69) is 10.6 Å². The molecule has 4 heteroatoms. The highest BCUT2D eigenvalue weighted by atomic mass is 16.5. The van der Waals surface area contributed by atoms with Gasteiger partial charge in [-0.1, -0.05) is 18.2 Å². The first-order chi connectivity index (χ1) is 9.08. The van der Waals surface area contributed by atoms with Crippen LogP contribution in [0.5, 0.6) is 5.75 Å². The van der Waals surface area contributed by atoms with Gasteiger partial charge >= 0.3 is 0 Å². The fraction of sp³-hybridized carbons (Fsp3) is 0.533. The average molecular weight is 262 g/mol. The molecule has 104 valence electrons. The van der Waals surface area contributed by atoms with Gasteiger partial charge in [0.05, 0.1) is 12.0 Å². The molecular weight excluding hydrogens is 240 g/mol. The van der Waals surface area contributed by atoms with E-state index in [0.29, 0.717) is 6.61 Å². The van der Waals surface area contributed by atoms with Crippen LogP contribution in [0.25, 0.3) is 0 Å². The van der Waals surface area contributed by atoms with E-state index in [0.717, 1.165) is 30.0 Å². The Morgan fingerprint density at radius 1 is 1.42 bits per heavy atom. The molecule has 1 aromatic carbocycles. The van der Waals surface area contributed by atoms with Crippen LogP contribution >= 0.6 is 0 Å². The fourth-order valence-corrected chi connectivity index (χ4v) is 2.11. The molecule has 0 aromatic heterocycles. The Balaban J connectivity index is 1.82. The van der Waals surface area contributed by atoms with E-state index in [1.165, 1.54) is 0 Å². The van der Waals surface area contributed by atoms with Crippen molar-refractivity contribution in [1.82, 2.24) is 10.6 Å². The molecular formula is C15H22N2O2. The van der Waals surface area contributed by atoms with Gasteiger partial charge in [0.2, 0.25) is 5.91 Å². The minimum Gasteiger partial charge on any atom is -0.491 e. The summed E-state index contributed by atoms with van der Waals surface area (Å²) in [7, 11) is 0. The zero-order valence-electron chi connectivity index (χ0n) is 11.8. The maximum Gasteiger partial charge on any atom is 0.226 e. The summed E-state index contributed by atoms with van der Waals surface area (Å²) in [6.45, 7) is 8.11. The number of para-hydroxylation sites is 1. The molecule has 1 saturated heterocycles. The van der Waals surface area contributed by atoms with Crippen molar-refractivity contribution in [2.75, 3.05) is 19.7 Å². The smallest absolute Gasteiger partial charge is 0.226 e. The van der Waals surface area contributed by atoms with Gasteiger partial charge in [-0.25, -0.2) is 0 Å². The van der Waals surface area contributed by atoms with Crippen molar-refractivity contribution < 1.29 is 9.53 Å². The van der Waals surface area contributed by atoms with Crippen molar-refractivity contribution in [3.05, 3.63) is 29.3 Å². The molecule has 1 fully saturated rings. The van der Waals surface area contributed by atoms with Crippen LogP contribution in [0.15, 0.2) is 18.2 Å². The summed E-state index contributed by atoms with van der Waals surface area (Å²) in [6.07, 6.45) is 0. The lowest BCUT2D eigenvalue weighted by Crippen LogP contribution is -2.53. The van der Waals surface area contributed by atoms with Crippen LogP contribution in [0.2, 0.25) is 0 Å². The largest absolute Gasteiger partial charge is 0.491 e. The summed E-state index contributed by atoms with van der Waals surface area (Å²) in [5, 5.41) is 6.08. The summed E-state index contributed by atoms with van der Waals surface area (Å²) in [5.41, 5.74) is 2.25. The lowest BCUT2D eigenvalue weighted by Gasteiger charge is -2.27. The van der Waals surface area contributed by atoms with Gasteiger partial charge in [0.25, 0.3) is 0 Å². The zero-order chi connectivity index (χ0) is 13.8. The zero-order valence-corrected chi connectivity index (χ0v) is 11.8. The first-order valence-corrected chi connectivity index (χ1v) is 6.78. The number of rotatable bonds is 5. The number of ether oxygens (including phenoxy) is 1. The molecule has 0 radical (unpaired) electrons. The quantitative estimate of drug-likeness (QED) is 0.843. The number of benzene rings is 1. The molecule has 19 heavy (non-hydrogen) atoms. The van der Waals surface area contributed by atoms with Crippen LogP contribution in [0.3, 0.4) is 0 Å². The molecule has 4 nitrogen and oxygen atoms in total. The molecule has 0 aliphatic carbocycles. The van der Waals surface area contributed by atoms with Crippen LogP contribution in [-0.2, 0) is 4.79 Å². The predicted molar refractivity (Wildman–Crippen MR) is 75.4 cm³/mol. The summed E-state index contributed by atoms with van der Waals surface area (Å²) >= 11 is 0. The normalized spacial score (nSPS) is 16.6. The number of aryl methyl sites for hydroxylation is 2. The lowest BCUT2D eigenvalue weighted by molar-refractivity contribution is -0.127. The second kappa shape index (κ2) is 6.06. The first-order valence-electron chi connectivity index (χ1n) is 6.78. The maximum atomic E-state index is 11.8. The number of nitrogens with one attached hydrogen (secondary N) is 2. The van der Waals surface area contributed by atoms with Crippen LogP contribution in [0.4, 0.5) is 0 Å². The molecule has 2 rings (SSSR count). The van der Waals surface area contributed by atoms with Gasteiger partial charge < -0.3 is 15.4 Å². The van der Waals surface area contributed by atoms with Crippen molar-refractivity contribution in [3.63, 3.8) is 0 Å². The van der Waals surface area contributed by atoms with Crippen LogP contribution < -0.4 is 15.4 Å². The Kier molecular flexibility index (Phi) is 4.43. The molecule has 1 atom stereocenters. The Bertz CT molecular complexity index is 435.